The van der Waals surface area contributed by atoms with Crippen LogP contribution in [-0.4, -0.2) is 68.9 Å². The van der Waals surface area contributed by atoms with E-state index in [1.807, 2.05) is 57.5 Å². The molecule has 42 heavy (non-hydrogen) atoms. The molecular formula is C31H41N7O4. The lowest BCUT2D eigenvalue weighted by Crippen LogP contribution is -2.50. The van der Waals surface area contributed by atoms with E-state index in [-0.39, 0.29) is 17.7 Å². The second-order valence-electron chi connectivity index (χ2n) is 11.8. The molecule has 0 atom stereocenters. The lowest BCUT2D eigenvalue weighted by molar-refractivity contribution is 0.0240. The highest BCUT2D eigenvalue weighted by Crippen LogP contribution is 2.32. The van der Waals surface area contributed by atoms with E-state index >= 15 is 0 Å². The van der Waals surface area contributed by atoms with Crippen molar-refractivity contribution >= 4 is 40.7 Å². The molecule has 1 aliphatic heterocycles. The average Bonchev–Trinajstić information content (AvgIpc) is 3.49. The third kappa shape index (κ3) is 6.50. The molecule has 2 aliphatic rings. The third-order valence-corrected chi connectivity index (χ3v) is 7.73. The highest BCUT2D eigenvalue weighted by molar-refractivity contribution is 5.83. The van der Waals surface area contributed by atoms with Crippen LogP contribution in [0.15, 0.2) is 35.6 Å². The summed E-state index contributed by atoms with van der Waals surface area (Å²) < 4.78 is 12.7. The molecular weight excluding hydrogens is 534 g/mol. The van der Waals surface area contributed by atoms with Crippen LogP contribution >= 0.6 is 0 Å². The van der Waals surface area contributed by atoms with Crippen molar-refractivity contribution in [2.45, 2.75) is 71.9 Å². The van der Waals surface area contributed by atoms with E-state index in [9.17, 15) is 9.59 Å². The minimum absolute atomic E-state index is 0.0539. The zero-order valence-electron chi connectivity index (χ0n) is 25.2. The Morgan fingerprint density at radius 3 is 2.48 bits per heavy atom. The topological polar surface area (TPSA) is 115 Å². The Kier molecular flexibility index (Phi) is 8.65. The van der Waals surface area contributed by atoms with Crippen molar-refractivity contribution in [1.82, 2.24) is 24.4 Å². The molecule has 1 saturated heterocycles. The highest BCUT2D eigenvalue weighted by Gasteiger charge is 2.27. The number of aromatic nitrogens is 4. The number of nitrogens with one attached hydrogen (secondary N) is 1. The van der Waals surface area contributed by atoms with Crippen LogP contribution < -0.4 is 15.8 Å². The van der Waals surface area contributed by atoms with Crippen molar-refractivity contribution in [1.29, 1.82) is 0 Å². The number of fused-ring (bicyclic) bond motifs is 1. The molecule has 1 aliphatic carbocycles. The molecule has 2 fully saturated rings. The summed E-state index contributed by atoms with van der Waals surface area (Å²) in [6, 6.07) is 3.99. The normalized spacial score (nSPS) is 16.4. The SMILES string of the molecule is CCOC=Cc1c(C)c2cnc(Nc3ccc(N4CCN(C(=O)OC(C)(C)C)CC4)cn3)nc2n(C2CCCC2)c1=O. The standard InChI is InChI=1S/C31H41N7O4/c1-6-41-18-13-24-21(2)25-20-33-29(35-27(25)38(28(24)39)22-9-7-8-10-22)34-26-12-11-23(19-32-26)36-14-16-37(17-15-36)30(40)42-31(3,4)5/h11-13,18-20,22H,6-10,14-17H2,1-5H3,(H,32,33,34,35). The molecule has 11 heteroatoms. The first kappa shape index (κ1) is 29.3. The lowest BCUT2D eigenvalue weighted by Gasteiger charge is -2.36. The number of rotatable bonds is 7. The zero-order chi connectivity index (χ0) is 29.9. The maximum absolute atomic E-state index is 13.7. The van der Waals surface area contributed by atoms with Crippen molar-refractivity contribution in [3.05, 3.63) is 52.3 Å². The fraction of sp³-hybridized carbons (Fsp3) is 0.516. The van der Waals surface area contributed by atoms with Gasteiger partial charge in [-0.15, -0.1) is 0 Å². The predicted molar refractivity (Wildman–Crippen MR) is 164 cm³/mol. The zero-order valence-corrected chi connectivity index (χ0v) is 25.2. The van der Waals surface area contributed by atoms with Crippen molar-refractivity contribution in [2.75, 3.05) is 43.0 Å². The summed E-state index contributed by atoms with van der Waals surface area (Å²) in [5.41, 5.74) is 2.49. The number of anilines is 3. The summed E-state index contributed by atoms with van der Waals surface area (Å²) in [6.45, 7) is 12.6. The molecule has 0 bridgehead atoms. The van der Waals surface area contributed by atoms with Gasteiger partial charge in [-0.05, 0) is 71.2 Å². The Balaban J connectivity index is 1.33. The van der Waals surface area contributed by atoms with Gasteiger partial charge in [-0.1, -0.05) is 12.8 Å². The lowest BCUT2D eigenvalue weighted by atomic mass is 10.1. The number of nitrogens with zero attached hydrogens (tertiary/aromatic N) is 6. The molecule has 4 heterocycles. The van der Waals surface area contributed by atoms with Crippen LogP contribution in [0.2, 0.25) is 0 Å². The van der Waals surface area contributed by atoms with Gasteiger partial charge in [-0.3, -0.25) is 9.36 Å². The Labute approximate surface area is 246 Å². The Hall–Kier alpha value is -4.15. The summed E-state index contributed by atoms with van der Waals surface area (Å²) in [5.74, 6) is 0.991. The number of piperazine rings is 1. The van der Waals surface area contributed by atoms with Crippen molar-refractivity contribution in [2.24, 2.45) is 0 Å². The van der Waals surface area contributed by atoms with Gasteiger partial charge in [-0.25, -0.2) is 14.8 Å². The minimum atomic E-state index is -0.507. The van der Waals surface area contributed by atoms with Crippen LogP contribution in [0.5, 0.6) is 0 Å². The Bertz CT molecular complexity index is 1500. The smallest absolute Gasteiger partial charge is 0.410 e. The number of amides is 1. The summed E-state index contributed by atoms with van der Waals surface area (Å²) in [6.07, 6.45) is 10.7. The average molecular weight is 576 g/mol. The van der Waals surface area contributed by atoms with Gasteiger partial charge in [0.05, 0.1) is 24.8 Å². The second kappa shape index (κ2) is 12.4. The first-order valence-electron chi connectivity index (χ1n) is 14.8. The van der Waals surface area contributed by atoms with E-state index in [1.165, 1.54) is 0 Å². The molecule has 0 spiro atoms. The number of carbonyl (C=O) groups is 1. The van der Waals surface area contributed by atoms with E-state index in [0.717, 1.165) is 42.3 Å². The van der Waals surface area contributed by atoms with Gasteiger partial charge in [0.1, 0.15) is 17.1 Å². The van der Waals surface area contributed by atoms with E-state index < -0.39 is 5.60 Å². The second-order valence-corrected chi connectivity index (χ2v) is 11.8. The van der Waals surface area contributed by atoms with E-state index in [0.29, 0.717) is 55.8 Å². The van der Waals surface area contributed by atoms with Gasteiger partial charge in [0.15, 0.2) is 0 Å². The van der Waals surface area contributed by atoms with Crippen LogP contribution in [0.25, 0.3) is 17.1 Å². The first-order valence-corrected chi connectivity index (χ1v) is 14.8. The molecule has 3 aromatic rings. The minimum Gasteiger partial charge on any atom is -0.501 e. The van der Waals surface area contributed by atoms with E-state index in [4.69, 9.17) is 14.5 Å². The van der Waals surface area contributed by atoms with Crippen LogP contribution in [0.1, 0.15) is 70.5 Å². The summed E-state index contributed by atoms with van der Waals surface area (Å²) >= 11 is 0. The Morgan fingerprint density at radius 1 is 1.10 bits per heavy atom. The highest BCUT2D eigenvalue weighted by atomic mass is 16.6. The molecule has 0 radical (unpaired) electrons. The van der Waals surface area contributed by atoms with Crippen molar-refractivity contribution < 1.29 is 14.3 Å². The monoisotopic (exact) mass is 575 g/mol. The summed E-state index contributed by atoms with van der Waals surface area (Å²) in [7, 11) is 0. The van der Waals surface area contributed by atoms with Gasteiger partial charge in [0, 0.05) is 49.4 Å². The maximum Gasteiger partial charge on any atom is 0.410 e. The summed E-state index contributed by atoms with van der Waals surface area (Å²) in [4.78, 5) is 44.0. The molecule has 3 aromatic heterocycles. The molecule has 1 N–H and O–H groups in total. The van der Waals surface area contributed by atoms with Gasteiger partial charge in [-0.2, -0.15) is 4.98 Å². The third-order valence-electron chi connectivity index (χ3n) is 7.73. The molecule has 0 aromatic carbocycles. The number of carbonyl (C=O) groups excluding carboxylic acids is 1. The predicted octanol–water partition coefficient (Wildman–Crippen LogP) is 5.42. The molecule has 224 valence electrons. The van der Waals surface area contributed by atoms with Crippen LogP contribution in [-0.2, 0) is 9.47 Å². The number of hydrogen-bond acceptors (Lipinski definition) is 9. The molecule has 0 unspecified atom stereocenters. The van der Waals surface area contributed by atoms with Crippen LogP contribution in [0.4, 0.5) is 22.2 Å². The van der Waals surface area contributed by atoms with Gasteiger partial charge in [0.25, 0.3) is 5.56 Å². The molecule has 1 saturated carbocycles. The number of hydrogen-bond donors (Lipinski definition) is 1. The number of pyridine rings is 2. The van der Waals surface area contributed by atoms with Gasteiger partial charge < -0.3 is 24.6 Å². The van der Waals surface area contributed by atoms with Gasteiger partial charge in [0.2, 0.25) is 5.95 Å². The van der Waals surface area contributed by atoms with E-state index in [2.05, 4.69) is 20.2 Å². The number of ether oxygens (including phenoxy) is 2. The van der Waals surface area contributed by atoms with E-state index in [1.54, 1.807) is 23.4 Å². The molecule has 1 amide bonds. The van der Waals surface area contributed by atoms with Crippen LogP contribution in [0.3, 0.4) is 0 Å². The van der Waals surface area contributed by atoms with Crippen molar-refractivity contribution in [3.63, 3.8) is 0 Å². The molecule has 5 rings (SSSR count). The molecule has 11 nitrogen and oxygen atoms in total. The van der Waals surface area contributed by atoms with Crippen molar-refractivity contribution in [3.8, 4) is 0 Å². The largest absolute Gasteiger partial charge is 0.501 e. The number of aryl methyl sites for hydroxylation is 1. The first-order chi connectivity index (χ1) is 20.1. The van der Waals surface area contributed by atoms with Gasteiger partial charge >= 0.3 is 6.09 Å². The maximum atomic E-state index is 13.7. The van der Waals surface area contributed by atoms with Crippen LogP contribution in [0, 0.1) is 6.92 Å². The summed E-state index contributed by atoms with van der Waals surface area (Å²) in [5, 5.41) is 4.06. The quantitative estimate of drug-likeness (QED) is 0.369. The fourth-order valence-electron chi connectivity index (χ4n) is 5.56. The Morgan fingerprint density at radius 2 is 1.83 bits per heavy atom. The fourth-order valence-corrected chi connectivity index (χ4v) is 5.56.